The van der Waals surface area contributed by atoms with Crippen LogP contribution < -0.4 is 0 Å². The lowest BCUT2D eigenvalue weighted by Gasteiger charge is -2.27. The molecule has 0 saturated heterocycles. The summed E-state index contributed by atoms with van der Waals surface area (Å²) >= 11 is 3.54. The molecule has 0 heterocycles. The lowest BCUT2D eigenvalue weighted by molar-refractivity contribution is -0.123. The van der Waals surface area contributed by atoms with Crippen LogP contribution in [0.25, 0.3) is 0 Å². The molecule has 0 spiro atoms. The van der Waals surface area contributed by atoms with Gasteiger partial charge in [-0.05, 0) is 19.3 Å². The Labute approximate surface area is 101 Å². The first-order chi connectivity index (χ1) is 7.27. The zero-order valence-corrected chi connectivity index (χ0v) is 11.0. The molecule has 0 amide bonds. The van der Waals surface area contributed by atoms with Gasteiger partial charge < -0.3 is 9.53 Å². The van der Waals surface area contributed by atoms with Crippen LogP contribution in [0.1, 0.15) is 51.9 Å². The van der Waals surface area contributed by atoms with Gasteiger partial charge in [-0.3, -0.25) is 0 Å². The number of carbonyl (C=O) groups is 1. The Balaban J connectivity index is 2.34. The molecule has 0 N–H and O–H groups in total. The van der Waals surface area contributed by atoms with E-state index in [1.807, 2.05) is 0 Å². The van der Waals surface area contributed by atoms with Gasteiger partial charge in [0.05, 0.1) is 6.10 Å². The molecule has 0 aromatic rings. The highest BCUT2D eigenvalue weighted by Crippen LogP contribution is 2.24. The fraction of sp³-hybridized carbons (Fsp3) is 0.917. The maximum atomic E-state index is 10.9. The second kappa shape index (κ2) is 7.39. The summed E-state index contributed by atoms with van der Waals surface area (Å²) in [6.45, 7) is 2.12. The van der Waals surface area contributed by atoms with Gasteiger partial charge in [-0.25, -0.2) is 0 Å². The molecule has 2 unspecified atom stereocenters. The highest BCUT2D eigenvalue weighted by Gasteiger charge is 2.23. The first-order valence-electron chi connectivity index (χ1n) is 6.02. The van der Waals surface area contributed by atoms with Crippen LogP contribution in [0.15, 0.2) is 0 Å². The molecule has 15 heavy (non-hydrogen) atoms. The van der Waals surface area contributed by atoms with Gasteiger partial charge in [-0.2, -0.15) is 0 Å². The van der Waals surface area contributed by atoms with Crippen LogP contribution in [0.2, 0.25) is 0 Å². The smallest absolute Gasteiger partial charge is 0.149 e. The van der Waals surface area contributed by atoms with Crippen molar-refractivity contribution in [3.05, 3.63) is 0 Å². The van der Waals surface area contributed by atoms with E-state index in [1.165, 1.54) is 19.3 Å². The van der Waals surface area contributed by atoms with Gasteiger partial charge in [-0.15, -0.1) is 0 Å². The van der Waals surface area contributed by atoms with Crippen LogP contribution in [0, 0.1) is 0 Å². The zero-order chi connectivity index (χ0) is 11.1. The van der Waals surface area contributed by atoms with Crippen LogP contribution >= 0.6 is 15.9 Å². The summed E-state index contributed by atoms with van der Waals surface area (Å²) in [5.74, 6) is 0. The number of alkyl halides is 1. The summed E-state index contributed by atoms with van der Waals surface area (Å²) in [6.07, 6.45) is 9.13. The van der Waals surface area contributed by atoms with Gasteiger partial charge in [-0.1, -0.05) is 48.5 Å². The van der Waals surface area contributed by atoms with E-state index in [4.69, 9.17) is 4.74 Å². The molecule has 0 bridgehead atoms. The van der Waals surface area contributed by atoms with E-state index in [2.05, 4.69) is 22.9 Å². The lowest BCUT2D eigenvalue weighted by Crippen LogP contribution is -2.32. The molecule has 2 nitrogen and oxygen atoms in total. The molecule has 1 rings (SSSR count). The number of halogens is 1. The van der Waals surface area contributed by atoms with Crippen molar-refractivity contribution in [1.29, 1.82) is 0 Å². The molecule has 2 atom stereocenters. The highest BCUT2D eigenvalue weighted by molar-refractivity contribution is 9.09. The summed E-state index contributed by atoms with van der Waals surface area (Å²) < 4.78 is 5.84. The van der Waals surface area contributed by atoms with Crippen molar-refractivity contribution in [2.45, 2.75) is 68.9 Å². The fourth-order valence-electron chi connectivity index (χ4n) is 2.07. The first kappa shape index (κ1) is 13.2. The van der Waals surface area contributed by atoms with Crippen LogP contribution in [-0.2, 0) is 9.53 Å². The summed E-state index contributed by atoms with van der Waals surface area (Å²) in [6, 6.07) is 0. The van der Waals surface area contributed by atoms with Crippen LogP contribution in [0.3, 0.4) is 0 Å². The summed E-state index contributed by atoms with van der Waals surface area (Å²) in [5.41, 5.74) is 0. The van der Waals surface area contributed by atoms with Crippen molar-refractivity contribution in [2.75, 3.05) is 0 Å². The monoisotopic (exact) mass is 276 g/mol. The molecule has 0 aromatic heterocycles. The number of hydrogen-bond acceptors (Lipinski definition) is 2. The van der Waals surface area contributed by atoms with Crippen molar-refractivity contribution in [3.8, 4) is 0 Å². The molecular weight excluding hydrogens is 256 g/mol. The largest absolute Gasteiger partial charge is 0.366 e. The third-order valence-electron chi connectivity index (χ3n) is 2.96. The van der Waals surface area contributed by atoms with Gasteiger partial charge >= 0.3 is 0 Å². The van der Waals surface area contributed by atoms with Crippen LogP contribution in [-0.4, -0.2) is 23.3 Å². The van der Waals surface area contributed by atoms with E-state index in [0.717, 1.165) is 32.0 Å². The summed E-state index contributed by atoms with van der Waals surface area (Å²) in [4.78, 5) is 11.1. The predicted octanol–water partition coefficient (Wildman–Crippen LogP) is 3.47. The minimum Gasteiger partial charge on any atom is -0.366 e. The van der Waals surface area contributed by atoms with Crippen molar-refractivity contribution < 1.29 is 9.53 Å². The van der Waals surface area contributed by atoms with Crippen molar-refractivity contribution in [3.63, 3.8) is 0 Å². The van der Waals surface area contributed by atoms with Crippen LogP contribution in [0.4, 0.5) is 0 Å². The number of aldehydes is 1. The maximum absolute atomic E-state index is 10.9. The second-order valence-electron chi connectivity index (χ2n) is 4.30. The van der Waals surface area contributed by atoms with Gasteiger partial charge in [0, 0.05) is 4.83 Å². The average Bonchev–Trinajstić information content (AvgIpc) is 2.27. The Bertz CT molecular complexity index is 178. The third-order valence-corrected chi connectivity index (χ3v) is 3.94. The van der Waals surface area contributed by atoms with E-state index < -0.39 is 0 Å². The van der Waals surface area contributed by atoms with E-state index in [9.17, 15) is 4.79 Å². The normalized spacial score (nSPS) is 22.3. The van der Waals surface area contributed by atoms with E-state index in [-0.39, 0.29) is 10.9 Å². The van der Waals surface area contributed by atoms with Crippen molar-refractivity contribution in [1.82, 2.24) is 0 Å². The van der Waals surface area contributed by atoms with Crippen LogP contribution in [0.5, 0.6) is 0 Å². The van der Waals surface area contributed by atoms with Gasteiger partial charge in [0.15, 0.2) is 0 Å². The molecule has 1 aliphatic carbocycles. The molecule has 88 valence electrons. The molecule has 0 aliphatic heterocycles. The zero-order valence-electron chi connectivity index (χ0n) is 9.45. The Morgan fingerprint density at radius 3 is 2.60 bits per heavy atom. The topological polar surface area (TPSA) is 26.3 Å². The van der Waals surface area contributed by atoms with E-state index in [0.29, 0.717) is 6.10 Å². The quantitative estimate of drug-likeness (QED) is 0.549. The number of rotatable bonds is 6. The Morgan fingerprint density at radius 2 is 2.07 bits per heavy atom. The third kappa shape index (κ3) is 4.64. The highest BCUT2D eigenvalue weighted by atomic mass is 79.9. The number of ether oxygens (including phenoxy) is 1. The lowest BCUT2D eigenvalue weighted by atomic mass is 9.97. The molecule has 0 radical (unpaired) electrons. The molecule has 0 aromatic carbocycles. The second-order valence-corrected chi connectivity index (χ2v) is 5.48. The van der Waals surface area contributed by atoms with Gasteiger partial charge in [0.1, 0.15) is 12.4 Å². The molecule has 3 heteroatoms. The summed E-state index contributed by atoms with van der Waals surface area (Å²) in [7, 11) is 0. The van der Waals surface area contributed by atoms with Gasteiger partial charge in [0.25, 0.3) is 0 Å². The number of hydrogen-bond donors (Lipinski definition) is 0. The Hall–Kier alpha value is 0.110. The van der Waals surface area contributed by atoms with E-state index in [1.54, 1.807) is 0 Å². The van der Waals surface area contributed by atoms with Crippen molar-refractivity contribution in [2.24, 2.45) is 0 Å². The fourth-order valence-corrected chi connectivity index (χ4v) is 2.77. The summed E-state index contributed by atoms with van der Waals surface area (Å²) in [5, 5.41) is 0. The minimum absolute atomic E-state index is 0.182. The average molecular weight is 277 g/mol. The SMILES string of the molecule is CCCC(Br)C(C=O)OC1CCCCC1. The number of carbonyl (C=O) groups excluding carboxylic acids is 1. The molecule has 1 saturated carbocycles. The minimum atomic E-state index is -0.256. The van der Waals surface area contributed by atoms with E-state index >= 15 is 0 Å². The molecule has 1 aliphatic rings. The Kier molecular flexibility index (Phi) is 6.50. The maximum Gasteiger partial charge on any atom is 0.149 e. The first-order valence-corrected chi connectivity index (χ1v) is 6.94. The van der Waals surface area contributed by atoms with Crippen molar-refractivity contribution >= 4 is 22.2 Å². The predicted molar refractivity (Wildman–Crippen MR) is 65.4 cm³/mol. The van der Waals surface area contributed by atoms with Gasteiger partial charge in [0.2, 0.25) is 0 Å². The molecular formula is C12H21BrO2. The molecule has 1 fully saturated rings. The standard InChI is InChI=1S/C12H21BrO2/c1-2-6-11(13)12(9-14)15-10-7-4-3-5-8-10/h9-12H,2-8H2,1H3. The Morgan fingerprint density at radius 1 is 1.40 bits per heavy atom.